The Morgan fingerprint density at radius 1 is 1.00 bits per heavy atom. The highest BCUT2D eigenvalue weighted by molar-refractivity contribution is 6.25. The van der Waals surface area contributed by atoms with E-state index in [2.05, 4.69) is 0 Å². The zero-order chi connectivity index (χ0) is 6.24. The van der Waals surface area contributed by atoms with Crippen molar-refractivity contribution in [2.75, 3.05) is 0 Å². The van der Waals surface area contributed by atoms with Crippen LogP contribution in [-0.2, 0) is 0 Å². The lowest BCUT2D eigenvalue weighted by Crippen LogP contribution is -1.44. The van der Waals surface area contributed by atoms with Crippen molar-refractivity contribution in [2.45, 2.75) is 0 Å². The predicted molar refractivity (Wildman–Crippen MR) is 34.4 cm³/mol. The van der Waals surface area contributed by atoms with Crippen molar-refractivity contribution in [1.82, 2.24) is 0 Å². The van der Waals surface area contributed by atoms with E-state index >= 15 is 0 Å². The van der Waals surface area contributed by atoms with E-state index < -0.39 is 0 Å². The minimum absolute atomic E-state index is 0.457. The molecular weight excluding hydrogens is 127 g/mol. The molecule has 0 aromatic rings. The van der Waals surface area contributed by atoms with Gasteiger partial charge in [0.2, 0.25) is 0 Å². The van der Waals surface area contributed by atoms with Gasteiger partial charge >= 0.3 is 0 Å². The monoisotopic (exact) mass is 132 g/mol. The third-order valence-electron chi connectivity index (χ3n) is 0.479. The third kappa shape index (κ3) is 5.44. The number of hydrogen-bond donors (Lipinski definition) is 0. The Labute approximate surface area is 53.0 Å². The minimum atomic E-state index is 0.457. The van der Waals surface area contributed by atoms with E-state index in [-0.39, 0.29) is 0 Å². The fourth-order valence-corrected chi connectivity index (χ4v) is 0.296. The Balaban J connectivity index is 3.35. The first kappa shape index (κ1) is 7.44. The summed E-state index contributed by atoms with van der Waals surface area (Å²) in [7, 11) is 0. The zero-order valence-electron chi connectivity index (χ0n) is 4.22. The second-order valence-corrected chi connectivity index (χ2v) is 1.27. The summed E-state index contributed by atoms with van der Waals surface area (Å²) >= 11 is 5.13. The lowest BCUT2D eigenvalue weighted by molar-refractivity contribution is 0.721. The van der Waals surface area contributed by atoms with Gasteiger partial charge in [-0.15, -0.1) is 0 Å². The van der Waals surface area contributed by atoms with Crippen LogP contribution in [0.4, 0.5) is 4.39 Å². The van der Waals surface area contributed by atoms with Crippen molar-refractivity contribution >= 4 is 11.6 Å². The van der Waals surface area contributed by atoms with Crippen LogP contribution in [0.3, 0.4) is 0 Å². The molecular formula is C6H6ClF. The maximum atomic E-state index is 11.1. The fourth-order valence-electron chi connectivity index (χ4n) is 0.212. The highest BCUT2D eigenvalue weighted by atomic mass is 35.5. The molecule has 2 heteroatoms. The van der Waals surface area contributed by atoms with Crippen LogP contribution in [0.1, 0.15) is 0 Å². The third-order valence-corrected chi connectivity index (χ3v) is 0.624. The van der Waals surface area contributed by atoms with Gasteiger partial charge < -0.3 is 0 Å². The van der Waals surface area contributed by atoms with E-state index in [1.165, 1.54) is 11.6 Å². The lowest BCUT2D eigenvalue weighted by atomic mass is 10.5. The molecule has 44 valence electrons. The average molecular weight is 133 g/mol. The van der Waals surface area contributed by atoms with Gasteiger partial charge in [-0.3, -0.25) is 0 Å². The SMILES string of the molecule is F/C=C/C=C\C=C\Cl. The van der Waals surface area contributed by atoms with Crippen molar-refractivity contribution < 1.29 is 4.39 Å². The van der Waals surface area contributed by atoms with Gasteiger partial charge in [0.1, 0.15) is 0 Å². The summed E-state index contributed by atoms with van der Waals surface area (Å²) < 4.78 is 11.1. The molecule has 0 saturated carbocycles. The largest absolute Gasteiger partial charge is 0.216 e. The van der Waals surface area contributed by atoms with E-state index in [0.717, 1.165) is 0 Å². The summed E-state index contributed by atoms with van der Waals surface area (Å²) in [6.07, 6.45) is 6.50. The first-order valence-electron chi connectivity index (χ1n) is 2.10. The maximum Gasteiger partial charge on any atom is 0.0866 e. The molecule has 0 unspecified atom stereocenters. The van der Waals surface area contributed by atoms with Gasteiger partial charge in [-0.2, -0.15) is 0 Å². The highest BCUT2D eigenvalue weighted by Crippen LogP contribution is 1.82. The van der Waals surface area contributed by atoms with Crippen molar-refractivity contribution in [1.29, 1.82) is 0 Å². The summed E-state index contributed by atoms with van der Waals surface area (Å²) in [6.45, 7) is 0. The van der Waals surface area contributed by atoms with E-state index in [4.69, 9.17) is 11.6 Å². The number of hydrogen-bond acceptors (Lipinski definition) is 0. The molecule has 0 amide bonds. The quantitative estimate of drug-likeness (QED) is 0.507. The zero-order valence-corrected chi connectivity index (χ0v) is 4.98. The van der Waals surface area contributed by atoms with E-state index in [0.29, 0.717) is 6.33 Å². The smallest absolute Gasteiger partial charge is 0.0866 e. The van der Waals surface area contributed by atoms with Crippen molar-refractivity contribution in [2.24, 2.45) is 0 Å². The van der Waals surface area contributed by atoms with Crippen LogP contribution in [0.2, 0.25) is 0 Å². The summed E-state index contributed by atoms with van der Waals surface area (Å²) in [5.74, 6) is 0. The topological polar surface area (TPSA) is 0 Å². The molecule has 0 aliphatic heterocycles. The Kier molecular flexibility index (Phi) is 5.99. The first-order chi connectivity index (χ1) is 3.91. The molecule has 0 radical (unpaired) electrons. The van der Waals surface area contributed by atoms with Gasteiger partial charge in [0, 0.05) is 5.54 Å². The maximum absolute atomic E-state index is 11.1. The Hall–Kier alpha value is -0.560. The van der Waals surface area contributed by atoms with Gasteiger partial charge in [-0.25, -0.2) is 4.39 Å². The van der Waals surface area contributed by atoms with Gasteiger partial charge in [-0.1, -0.05) is 29.8 Å². The molecule has 0 fully saturated rings. The summed E-state index contributed by atoms with van der Waals surface area (Å²) in [5, 5.41) is 0. The van der Waals surface area contributed by atoms with Crippen LogP contribution >= 0.6 is 11.6 Å². The summed E-state index contributed by atoms with van der Waals surface area (Å²) in [6, 6.07) is 0. The Bertz CT molecular complexity index is 99.7. The van der Waals surface area contributed by atoms with Crippen molar-refractivity contribution in [3.05, 3.63) is 36.2 Å². The Morgan fingerprint density at radius 2 is 1.62 bits per heavy atom. The minimum Gasteiger partial charge on any atom is -0.216 e. The van der Waals surface area contributed by atoms with Crippen LogP contribution in [-0.4, -0.2) is 0 Å². The molecule has 0 rings (SSSR count). The molecule has 0 atom stereocenters. The molecule has 0 nitrogen and oxygen atoms in total. The summed E-state index contributed by atoms with van der Waals surface area (Å²) in [4.78, 5) is 0. The molecule has 0 spiro atoms. The normalized spacial score (nSPS) is 12.8. The molecule has 8 heavy (non-hydrogen) atoms. The second kappa shape index (κ2) is 6.44. The molecule has 0 aromatic carbocycles. The first-order valence-corrected chi connectivity index (χ1v) is 2.54. The molecule has 0 heterocycles. The molecule has 0 aromatic heterocycles. The van der Waals surface area contributed by atoms with Crippen molar-refractivity contribution in [3.63, 3.8) is 0 Å². The van der Waals surface area contributed by atoms with Crippen LogP contribution in [0.15, 0.2) is 36.2 Å². The van der Waals surface area contributed by atoms with E-state index in [1.54, 1.807) is 18.2 Å². The summed E-state index contributed by atoms with van der Waals surface area (Å²) in [5.41, 5.74) is 1.35. The number of allylic oxidation sites excluding steroid dienone is 4. The standard InChI is InChI=1S/C6H6ClF/c7-5-3-1-2-4-6-8/h1-6H/b2-1-,5-3+,6-4+. The lowest BCUT2D eigenvalue weighted by Gasteiger charge is -1.65. The van der Waals surface area contributed by atoms with E-state index in [9.17, 15) is 4.39 Å². The van der Waals surface area contributed by atoms with Gasteiger partial charge in [0.25, 0.3) is 0 Å². The van der Waals surface area contributed by atoms with Crippen molar-refractivity contribution in [3.8, 4) is 0 Å². The molecule has 0 aliphatic rings. The highest BCUT2D eigenvalue weighted by Gasteiger charge is 1.57. The van der Waals surface area contributed by atoms with Gasteiger partial charge in [0.15, 0.2) is 0 Å². The number of halogens is 2. The molecule has 0 saturated heterocycles. The molecule has 0 bridgehead atoms. The Morgan fingerprint density at radius 3 is 2.12 bits per heavy atom. The van der Waals surface area contributed by atoms with Gasteiger partial charge in [-0.05, 0) is 6.08 Å². The molecule has 0 N–H and O–H groups in total. The van der Waals surface area contributed by atoms with E-state index in [1.807, 2.05) is 0 Å². The van der Waals surface area contributed by atoms with Crippen LogP contribution in [0.5, 0.6) is 0 Å². The number of rotatable bonds is 2. The second-order valence-electron chi connectivity index (χ2n) is 1.02. The van der Waals surface area contributed by atoms with Crippen LogP contribution in [0.25, 0.3) is 0 Å². The fraction of sp³-hybridized carbons (Fsp3) is 0. The van der Waals surface area contributed by atoms with Crippen LogP contribution in [0, 0.1) is 0 Å². The van der Waals surface area contributed by atoms with Crippen LogP contribution < -0.4 is 0 Å². The van der Waals surface area contributed by atoms with Gasteiger partial charge in [0.05, 0.1) is 6.33 Å². The average Bonchev–Trinajstić information content (AvgIpc) is 1.81. The predicted octanol–water partition coefficient (Wildman–Crippen LogP) is 2.78. The molecule has 0 aliphatic carbocycles.